The van der Waals surface area contributed by atoms with Crippen molar-refractivity contribution in [1.29, 1.82) is 0 Å². The maximum Gasteiger partial charge on any atom is 0.218 e. The van der Waals surface area contributed by atoms with Crippen LogP contribution in [-0.4, -0.2) is 28.5 Å². The normalized spacial score (nSPS) is 17.7. The van der Waals surface area contributed by atoms with E-state index in [1.54, 1.807) is 4.31 Å². The van der Waals surface area contributed by atoms with E-state index in [-0.39, 0.29) is 11.8 Å². The van der Waals surface area contributed by atoms with Gasteiger partial charge in [-0.1, -0.05) is 42.7 Å². The summed E-state index contributed by atoms with van der Waals surface area (Å²) in [7, 11) is -1.41. The molecule has 2 aliphatic rings. The van der Waals surface area contributed by atoms with Gasteiger partial charge in [-0.15, -0.1) is 0 Å². The van der Waals surface area contributed by atoms with Crippen molar-refractivity contribution in [1.82, 2.24) is 14.1 Å². The van der Waals surface area contributed by atoms with Crippen molar-refractivity contribution in [2.45, 2.75) is 70.2 Å². The fraction of sp³-hybridized carbons (Fsp3) is 0.571. The van der Waals surface area contributed by atoms with Crippen LogP contribution < -0.4 is 0 Å². The molecule has 27 heavy (non-hydrogen) atoms. The van der Waals surface area contributed by atoms with Crippen LogP contribution in [0.5, 0.6) is 0 Å². The monoisotopic (exact) mass is 387 g/mol. The standard InChI is InChI=1S/C21H29N3O2S/c1-16-10-12-17(13-11-16)15-27(25,26)24(18-6-3-4-7-18)14-20-19-8-5-9-21(19)23(2)22-20/h10-13,18H,3-9,14-15H2,1-2H3. The van der Waals surface area contributed by atoms with Gasteiger partial charge in [0, 0.05) is 18.8 Å². The van der Waals surface area contributed by atoms with Gasteiger partial charge in [-0.25, -0.2) is 8.42 Å². The third kappa shape index (κ3) is 3.83. The molecule has 0 atom stereocenters. The first-order valence-corrected chi connectivity index (χ1v) is 11.6. The van der Waals surface area contributed by atoms with Gasteiger partial charge in [0.15, 0.2) is 0 Å². The lowest BCUT2D eigenvalue weighted by atomic mass is 10.2. The molecular weight excluding hydrogens is 358 g/mol. The predicted molar refractivity (Wildman–Crippen MR) is 107 cm³/mol. The molecule has 1 fully saturated rings. The third-order valence-electron chi connectivity index (χ3n) is 6.06. The number of aromatic nitrogens is 2. The lowest BCUT2D eigenvalue weighted by Crippen LogP contribution is -2.39. The highest BCUT2D eigenvalue weighted by Crippen LogP contribution is 2.31. The first-order valence-electron chi connectivity index (χ1n) is 10.0. The van der Waals surface area contributed by atoms with Crippen LogP contribution >= 0.6 is 0 Å². The molecule has 1 saturated carbocycles. The fourth-order valence-electron chi connectivity index (χ4n) is 4.60. The van der Waals surface area contributed by atoms with Gasteiger partial charge in [-0.2, -0.15) is 9.40 Å². The molecule has 0 unspecified atom stereocenters. The predicted octanol–water partition coefficient (Wildman–Crippen LogP) is 3.49. The summed E-state index contributed by atoms with van der Waals surface area (Å²) in [6.07, 6.45) is 7.37. The van der Waals surface area contributed by atoms with Gasteiger partial charge in [-0.05, 0) is 50.2 Å². The SMILES string of the molecule is Cc1ccc(CS(=O)(=O)N(Cc2nn(C)c3c2CCC3)C2CCCC2)cc1. The summed E-state index contributed by atoms with van der Waals surface area (Å²) in [5.41, 5.74) is 5.53. The van der Waals surface area contributed by atoms with Gasteiger partial charge in [0.25, 0.3) is 0 Å². The van der Waals surface area contributed by atoms with E-state index in [2.05, 4.69) is 5.10 Å². The molecule has 4 rings (SSSR count). The number of benzene rings is 1. The summed E-state index contributed by atoms with van der Waals surface area (Å²) < 4.78 is 30.5. The molecule has 5 nitrogen and oxygen atoms in total. The molecule has 1 aromatic carbocycles. The zero-order valence-corrected chi connectivity index (χ0v) is 17.1. The Balaban J connectivity index is 1.62. The Hall–Kier alpha value is -1.66. The van der Waals surface area contributed by atoms with E-state index in [0.29, 0.717) is 6.54 Å². The average molecular weight is 388 g/mol. The van der Waals surface area contributed by atoms with Crippen LogP contribution in [0.4, 0.5) is 0 Å². The Kier molecular flexibility index (Phi) is 5.12. The number of hydrogen-bond acceptors (Lipinski definition) is 3. The maximum atomic E-state index is 13.4. The van der Waals surface area contributed by atoms with E-state index in [0.717, 1.165) is 61.8 Å². The van der Waals surface area contributed by atoms with E-state index >= 15 is 0 Å². The lowest BCUT2D eigenvalue weighted by Gasteiger charge is -2.28. The number of rotatable bonds is 6. The van der Waals surface area contributed by atoms with Crippen molar-refractivity contribution in [3.05, 3.63) is 52.3 Å². The van der Waals surface area contributed by atoms with Crippen molar-refractivity contribution in [3.63, 3.8) is 0 Å². The van der Waals surface area contributed by atoms with Crippen molar-refractivity contribution in [2.24, 2.45) is 7.05 Å². The third-order valence-corrected chi connectivity index (χ3v) is 7.90. The molecule has 0 N–H and O–H groups in total. The molecule has 0 aliphatic heterocycles. The summed E-state index contributed by atoms with van der Waals surface area (Å²) in [5, 5.41) is 4.69. The number of aryl methyl sites for hydroxylation is 2. The van der Waals surface area contributed by atoms with Crippen LogP contribution in [0, 0.1) is 6.92 Å². The van der Waals surface area contributed by atoms with Gasteiger partial charge < -0.3 is 0 Å². The van der Waals surface area contributed by atoms with E-state index in [4.69, 9.17) is 0 Å². The second-order valence-corrected chi connectivity index (χ2v) is 10.00. The lowest BCUT2D eigenvalue weighted by molar-refractivity contribution is 0.311. The molecule has 146 valence electrons. The molecule has 6 heteroatoms. The van der Waals surface area contributed by atoms with Gasteiger partial charge in [0.05, 0.1) is 18.0 Å². The topological polar surface area (TPSA) is 55.2 Å². The molecule has 1 aromatic heterocycles. The number of hydrogen-bond donors (Lipinski definition) is 0. The van der Waals surface area contributed by atoms with Crippen molar-refractivity contribution >= 4 is 10.0 Å². The Morgan fingerprint density at radius 2 is 1.81 bits per heavy atom. The quantitative estimate of drug-likeness (QED) is 0.762. The first-order chi connectivity index (χ1) is 12.9. The van der Waals surface area contributed by atoms with E-state index in [9.17, 15) is 8.42 Å². The summed E-state index contributed by atoms with van der Waals surface area (Å²) in [4.78, 5) is 0. The van der Waals surface area contributed by atoms with Crippen molar-refractivity contribution in [2.75, 3.05) is 0 Å². The van der Waals surface area contributed by atoms with Crippen LogP contribution in [0.15, 0.2) is 24.3 Å². The summed E-state index contributed by atoms with van der Waals surface area (Å²) in [6, 6.07) is 7.93. The molecule has 2 aliphatic carbocycles. The summed E-state index contributed by atoms with van der Waals surface area (Å²) in [6.45, 7) is 2.44. The van der Waals surface area contributed by atoms with Gasteiger partial charge in [0.2, 0.25) is 10.0 Å². The minimum absolute atomic E-state index is 0.0683. The molecule has 1 heterocycles. The summed E-state index contributed by atoms with van der Waals surface area (Å²) in [5.74, 6) is 0.0683. The number of nitrogens with zero attached hydrogens (tertiary/aromatic N) is 3. The van der Waals surface area contributed by atoms with Crippen LogP contribution in [0.25, 0.3) is 0 Å². The van der Waals surface area contributed by atoms with Gasteiger partial charge >= 0.3 is 0 Å². The molecule has 2 aromatic rings. The van der Waals surface area contributed by atoms with Crippen molar-refractivity contribution < 1.29 is 8.42 Å². The second-order valence-electron chi connectivity index (χ2n) is 8.07. The number of fused-ring (bicyclic) bond motifs is 1. The van der Waals surface area contributed by atoms with E-state index in [1.807, 2.05) is 42.9 Å². The fourth-order valence-corrected chi connectivity index (χ4v) is 6.36. The van der Waals surface area contributed by atoms with Gasteiger partial charge in [-0.3, -0.25) is 4.68 Å². The van der Waals surface area contributed by atoms with Crippen LogP contribution in [-0.2, 0) is 42.2 Å². The first kappa shape index (κ1) is 18.7. The zero-order valence-electron chi connectivity index (χ0n) is 16.3. The molecule has 0 radical (unpaired) electrons. The highest BCUT2D eigenvalue weighted by atomic mass is 32.2. The van der Waals surface area contributed by atoms with Crippen LogP contribution in [0.1, 0.15) is 60.2 Å². The summed E-state index contributed by atoms with van der Waals surface area (Å²) >= 11 is 0. The maximum absolute atomic E-state index is 13.4. The molecular formula is C21H29N3O2S. The number of sulfonamides is 1. The largest absolute Gasteiger partial charge is 0.272 e. The highest BCUT2D eigenvalue weighted by Gasteiger charge is 2.34. The minimum Gasteiger partial charge on any atom is -0.272 e. The van der Waals surface area contributed by atoms with Crippen LogP contribution in [0.3, 0.4) is 0 Å². The molecule has 0 amide bonds. The Morgan fingerprint density at radius 3 is 2.52 bits per heavy atom. The Labute approximate surface area is 162 Å². The smallest absolute Gasteiger partial charge is 0.218 e. The van der Waals surface area contributed by atoms with E-state index in [1.165, 1.54) is 11.3 Å². The zero-order chi connectivity index (χ0) is 19.0. The Bertz CT molecular complexity index is 910. The second kappa shape index (κ2) is 7.40. The highest BCUT2D eigenvalue weighted by molar-refractivity contribution is 7.88. The molecule has 0 bridgehead atoms. The Morgan fingerprint density at radius 1 is 1.11 bits per heavy atom. The van der Waals surface area contributed by atoms with E-state index < -0.39 is 10.0 Å². The van der Waals surface area contributed by atoms with Gasteiger partial charge in [0.1, 0.15) is 0 Å². The molecule has 0 spiro atoms. The average Bonchev–Trinajstić information content (AvgIpc) is 3.35. The minimum atomic E-state index is -3.39. The van der Waals surface area contributed by atoms with Crippen LogP contribution in [0.2, 0.25) is 0 Å². The van der Waals surface area contributed by atoms with Crippen molar-refractivity contribution in [3.8, 4) is 0 Å². The molecule has 0 saturated heterocycles.